The Bertz CT molecular complexity index is 1130. The average molecular weight is 934 g/mol. The Morgan fingerprint density at radius 1 is 0.439 bits per heavy atom. The minimum absolute atomic E-state index is 0.149. The molecule has 0 aliphatic heterocycles. The fourth-order valence-electron chi connectivity index (χ4n) is 8.06. The van der Waals surface area contributed by atoms with Gasteiger partial charge in [-0.15, -0.1) is 0 Å². The Kier molecular flexibility index (Phi) is 47.5. The lowest BCUT2D eigenvalue weighted by Crippen LogP contribution is -2.44. The number of carboxylic acids is 1. The van der Waals surface area contributed by atoms with Gasteiger partial charge < -0.3 is 33.3 Å². The summed E-state index contributed by atoms with van der Waals surface area (Å²) in [4.78, 5) is 37.2. The van der Waals surface area contributed by atoms with E-state index in [0.29, 0.717) is 17.4 Å². The molecule has 0 rings (SSSR count). The van der Waals surface area contributed by atoms with Crippen molar-refractivity contribution < 1.29 is 42.9 Å². The number of likely N-dealkylation sites (N-methyl/N-ethyl adjacent to an activating group) is 1. The number of carbonyl (C=O) groups is 3. The molecule has 388 valence electrons. The zero-order valence-corrected chi connectivity index (χ0v) is 44.1. The summed E-state index contributed by atoms with van der Waals surface area (Å²) in [6, 6.07) is 0. The van der Waals surface area contributed by atoms with Gasteiger partial charge in [-0.1, -0.05) is 212 Å². The van der Waals surface area contributed by atoms with Crippen LogP contribution in [0.15, 0.2) is 24.3 Å². The average Bonchev–Trinajstić information content (AvgIpc) is 3.28. The van der Waals surface area contributed by atoms with Crippen molar-refractivity contribution in [2.24, 2.45) is 0 Å². The van der Waals surface area contributed by atoms with Gasteiger partial charge in [-0.05, 0) is 64.2 Å². The monoisotopic (exact) mass is 934 g/mol. The second-order valence-corrected chi connectivity index (χ2v) is 20.2. The number of esters is 2. The topological polar surface area (TPSA) is 111 Å². The van der Waals surface area contributed by atoms with E-state index >= 15 is 0 Å². The molecule has 66 heavy (non-hydrogen) atoms. The van der Waals surface area contributed by atoms with Crippen molar-refractivity contribution >= 4 is 17.9 Å². The third-order valence-electron chi connectivity index (χ3n) is 12.4. The quantitative estimate of drug-likeness (QED) is 0.0195. The van der Waals surface area contributed by atoms with Crippen molar-refractivity contribution in [2.75, 3.05) is 47.5 Å². The molecule has 0 N–H and O–H groups in total. The predicted octanol–water partition coefficient (Wildman–Crippen LogP) is 14.6. The third-order valence-corrected chi connectivity index (χ3v) is 12.4. The number of hydrogen-bond acceptors (Lipinski definition) is 8. The van der Waals surface area contributed by atoms with Gasteiger partial charge in [0.2, 0.25) is 0 Å². The number of unbranched alkanes of at least 4 members (excludes halogenated alkanes) is 33. The van der Waals surface area contributed by atoms with Crippen LogP contribution >= 0.6 is 0 Å². The molecule has 2 unspecified atom stereocenters. The van der Waals surface area contributed by atoms with Crippen LogP contribution in [0.1, 0.15) is 264 Å². The van der Waals surface area contributed by atoms with Crippen molar-refractivity contribution in [3.8, 4) is 0 Å². The number of carboxylic acid groups (broad SMARTS) is 1. The number of ether oxygens (including phenoxy) is 4. The Morgan fingerprint density at radius 2 is 0.773 bits per heavy atom. The summed E-state index contributed by atoms with van der Waals surface area (Å²) in [5, 5.41) is 11.8. The summed E-state index contributed by atoms with van der Waals surface area (Å²) in [5.41, 5.74) is 0. The van der Waals surface area contributed by atoms with Gasteiger partial charge in [-0.3, -0.25) is 9.59 Å². The summed E-state index contributed by atoms with van der Waals surface area (Å²) >= 11 is 0. The lowest BCUT2D eigenvalue weighted by atomic mass is 10.0. The number of aliphatic carboxylic acids is 1. The number of nitrogens with zero attached hydrogens (tertiary/aromatic N) is 1. The van der Waals surface area contributed by atoms with Gasteiger partial charge in [0, 0.05) is 12.8 Å². The zero-order valence-electron chi connectivity index (χ0n) is 44.1. The maximum absolute atomic E-state index is 12.8. The maximum Gasteiger partial charge on any atom is 0.306 e. The molecule has 0 amide bonds. The van der Waals surface area contributed by atoms with Crippen molar-refractivity contribution in [3.63, 3.8) is 0 Å². The molecule has 0 aromatic carbocycles. The summed E-state index contributed by atoms with van der Waals surface area (Å²) in [5.74, 6) is -2.27. The molecule has 0 fully saturated rings. The SMILES string of the molecule is CCCCCCCCC/C=C\CCCCCCCCCC(=O)OCC(COC(OCC[N+](C)(C)C)C(=O)[O-])OC(=O)CCCCCCCCCCCCC/C=C\CCCCCCCCCC. The van der Waals surface area contributed by atoms with Crippen LogP contribution in [0.25, 0.3) is 0 Å². The van der Waals surface area contributed by atoms with Crippen LogP contribution in [-0.2, 0) is 33.3 Å². The van der Waals surface area contributed by atoms with E-state index in [1.165, 1.54) is 199 Å². The van der Waals surface area contributed by atoms with E-state index < -0.39 is 24.3 Å². The molecule has 0 aromatic heterocycles. The molecule has 0 bridgehead atoms. The van der Waals surface area contributed by atoms with Crippen molar-refractivity contribution in [3.05, 3.63) is 24.3 Å². The van der Waals surface area contributed by atoms with Crippen LogP contribution in [0.5, 0.6) is 0 Å². The minimum Gasteiger partial charge on any atom is -0.545 e. The Labute approximate surface area is 407 Å². The summed E-state index contributed by atoms with van der Waals surface area (Å²) in [6.45, 7) is 4.77. The van der Waals surface area contributed by atoms with Crippen LogP contribution in [-0.4, -0.2) is 82.3 Å². The third kappa shape index (κ3) is 49.7. The van der Waals surface area contributed by atoms with Gasteiger partial charge in [-0.2, -0.15) is 0 Å². The zero-order chi connectivity index (χ0) is 48.4. The molecule has 2 atom stereocenters. The van der Waals surface area contributed by atoms with Gasteiger partial charge in [0.25, 0.3) is 0 Å². The van der Waals surface area contributed by atoms with Gasteiger partial charge in [0.05, 0.1) is 40.3 Å². The van der Waals surface area contributed by atoms with Crippen molar-refractivity contribution in [1.82, 2.24) is 0 Å². The summed E-state index contributed by atoms with van der Waals surface area (Å²) < 4.78 is 22.7. The molecule has 0 saturated heterocycles. The van der Waals surface area contributed by atoms with Crippen LogP contribution in [0.3, 0.4) is 0 Å². The molecular weight excluding hydrogens is 827 g/mol. The standard InChI is InChI=1S/C57H107NO8/c1-6-8-10-12-14-16-18-20-22-24-26-27-28-29-30-32-34-36-38-40-42-44-46-48-55(60)66-53(52-65-57(56(61)62)63-50-49-58(3,4)5)51-64-54(59)47-45-43-41-39-37-35-33-31-25-23-21-19-17-15-13-11-9-7-2/h23-26,53,57H,6-22,27-52H2,1-5H3/b25-23-,26-24-. The molecule has 0 aliphatic rings. The van der Waals surface area contributed by atoms with Gasteiger partial charge in [0.15, 0.2) is 12.4 Å². The number of allylic oxidation sites excluding steroid dienone is 4. The van der Waals surface area contributed by atoms with E-state index in [1.807, 2.05) is 21.1 Å². The number of carbonyl (C=O) groups excluding carboxylic acids is 3. The summed E-state index contributed by atoms with van der Waals surface area (Å²) in [6.07, 6.45) is 53.6. The summed E-state index contributed by atoms with van der Waals surface area (Å²) in [7, 11) is 5.92. The smallest absolute Gasteiger partial charge is 0.306 e. The second-order valence-electron chi connectivity index (χ2n) is 20.2. The number of rotatable bonds is 52. The van der Waals surface area contributed by atoms with Crippen LogP contribution < -0.4 is 5.11 Å². The Balaban J connectivity index is 4.26. The predicted molar refractivity (Wildman–Crippen MR) is 274 cm³/mol. The first-order valence-corrected chi connectivity index (χ1v) is 28.0. The molecule has 0 spiro atoms. The molecular formula is C57H107NO8. The van der Waals surface area contributed by atoms with Gasteiger partial charge >= 0.3 is 11.9 Å². The number of hydrogen-bond donors (Lipinski definition) is 0. The first-order valence-electron chi connectivity index (χ1n) is 28.0. The van der Waals surface area contributed by atoms with Crippen molar-refractivity contribution in [1.29, 1.82) is 0 Å². The van der Waals surface area contributed by atoms with E-state index in [1.54, 1.807) is 0 Å². The largest absolute Gasteiger partial charge is 0.545 e. The Hall–Kier alpha value is -2.23. The Morgan fingerprint density at radius 3 is 1.12 bits per heavy atom. The van der Waals surface area contributed by atoms with E-state index in [9.17, 15) is 19.5 Å². The molecule has 9 nitrogen and oxygen atoms in total. The molecule has 0 aromatic rings. The second kappa shape index (κ2) is 49.2. The normalized spacial score (nSPS) is 12.9. The highest BCUT2D eigenvalue weighted by Gasteiger charge is 2.22. The highest BCUT2D eigenvalue weighted by molar-refractivity contribution is 5.70. The van der Waals surface area contributed by atoms with E-state index in [0.717, 1.165) is 32.1 Å². The fraction of sp³-hybridized carbons (Fsp3) is 0.877. The highest BCUT2D eigenvalue weighted by atomic mass is 16.7. The lowest BCUT2D eigenvalue weighted by Gasteiger charge is -2.26. The maximum atomic E-state index is 12.8. The van der Waals surface area contributed by atoms with Gasteiger partial charge in [-0.25, -0.2) is 0 Å². The van der Waals surface area contributed by atoms with Crippen molar-refractivity contribution in [2.45, 2.75) is 277 Å². The molecule has 0 radical (unpaired) electrons. The number of quaternary nitrogens is 1. The highest BCUT2D eigenvalue weighted by Crippen LogP contribution is 2.16. The van der Waals surface area contributed by atoms with Crippen LogP contribution in [0.2, 0.25) is 0 Å². The van der Waals surface area contributed by atoms with Crippen LogP contribution in [0, 0.1) is 0 Å². The lowest BCUT2D eigenvalue weighted by molar-refractivity contribution is -0.870. The van der Waals surface area contributed by atoms with E-state index in [-0.39, 0.29) is 38.6 Å². The molecule has 0 saturated carbocycles. The van der Waals surface area contributed by atoms with E-state index in [4.69, 9.17) is 18.9 Å². The first-order chi connectivity index (χ1) is 32.1. The minimum atomic E-state index is -1.62. The van der Waals surface area contributed by atoms with E-state index in [2.05, 4.69) is 38.2 Å². The molecule has 0 aliphatic carbocycles. The van der Waals surface area contributed by atoms with Crippen LogP contribution in [0.4, 0.5) is 0 Å². The van der Waals surface area contributed by atoms with Gasteiger partial charge in [0.1, 0.15) is 13.2 Å². The fourth-order valence-corrected chi connectivity index (χ4v) is 8.06. The first kappa shape index (κ1) is 63.8. The molecule has 9 heteroatoms. The molecule has 0 heterocycles.